The van der Waals surface area contributed by atoms with Gasteiger partial charge in [0.1, 0.15) is 5.82 Å². The number of aryl methyl sites for hydroxylation is 1. The summed E-state index contributed by atoms with van der Waals surface area (Å²) in [5.41, 5.74) is 0.895. The van der Waals surface area contributed by atoms with Gasteiger partial charge in [-0.25, -0.2) is 4.39 Å². The molecule has 0 N–H and O–H groups in total. The third-order valence-corrected chi connectivity index (χ3v) is 2.68. The summed E-state index contributed by atoms with van der Waals surface area (Å²) in [4.78, 5) is 0. The molecule has 0 spiro atoms. The average molecular weight is 270 g/mol. The molecule has 0 fully saturated rings. The van der Waals surface area contributed by atoms with Crippen molar-refractivity contribution in [2.75, 3.05) is 0 Å². The fraction of sp³-hybridized carbons (Fsp3) is 0.143. The second-order valence-corrected chi connectivity index (χ2v) is 3.58. The third-order valence-electron chi connectivity index (χ3n) is 1.13. The van der Waals surface area contributed by atoms with Gasteiger partial charge < -0.3 is 0 Å². The van der Waals surface area contributed by atoms with Gasteiger partial charge in [-0.2, -0.15) is 0 Å². The van der Waals surface area contributed by atoms with Crippen molar-refractivity contribution in [3.63, 3.8) is 0 Å². The summed E-state index contributed by atoms with van der Waals surface area (Å²) < 4.78 is 13.5. The Morgan fingerprint density at radius 3 is 2.60 bits per heavy atom. The Kier molecular flexibility index (Phi) is 2.52. The lowest BCUT2D eigenvalue weighted by Gasteiger charge is -1.98. The van der Waals surface area contributed by atoms with Crippen molar-refractivity contribution in [1.82, 2.24) is 0 Å². The molecule has 0 saturated heterocycles. The van der Waals surface area contributed by atoms with Crippen LogP contribution in [-0.4, -0.2) is 0 Å². The van der Waals surface area contributed by atoms with Crippen molar-refractivity contribution in [2.45, 2.75) is 6.92 Å². The molecule has 0 aromatic heterocycles. The largest absolute Gasteiger partial charge is 0.205 e. The van der Waals surface area contributed by atoms with Crippen LogP contribution in [0.1, 0.15) is 5.56 Å². The van der Waals surface area contributed by atoms with Gasteiger partial charge in [-0.3, -0.25) is 0 Å². The van der Waals surface area contributed by atoms with Crippen molar-refractivity contribution in [3.8, 4) is 0 Å². The summed E-state index contributed by atoms with van der Waals surface area (Å²) in [5.74, 6) is -0.342. The predicted molar refractivity (Wildman–Crippen MR) is 48.9 cm³/mol. The van der Waals surface area contributed by atoms with Crippen LogP contribution in [0.25, 0.3) is 0 Å². The maximum atomic E-state index is 12.7. The molecule has 0 nitrogen and oxygen atoms in total. The van der Waals surface area contributed by atoms with E-state index in [1.807, 2.05) is 35.6 Å². The molecule has 0 aliphatic carbocycles. The molecule has 1 aromatic carbocycles. The van der Waals surface area contributed by atoms with Gasteiger partial charge in [0, 0.05) is 3.57 Å². The first kappa shape index (κ1) is 8.27. The minimum atomic E-state index is -0.342. The number of hydrogen-bond donors (Lipinski definition) is 0. The van der Waals surface area contributed by atoms with Crippen LogP contribution in [0.15, 0.2) is 12.1 Å². The first-order valence-corrected chi connectivity index (χ1v) is 4.18. The van der Waals surface area contributed by atoms with E-state index in [-0.39, 0.29) is 10.8 Å². The molecule has 0 aliphatic rings. The summed E-state index contributed by atoms with van der Waals surface area (Å²) in [6.45, 7) is 1.83. The van der Waals surface area contributed by atoms with Gasteiger partial charge in [-0.05, 0) is 47.2 Å². The summed E-state index contributed by atoms with van der Waals surface area (Å²) in [5, 5.41) is 0.214. The summed E-state index contributed by atoms with van der Waals surface area (Å²) in [7, 11) is 0. The average Bonchev–Trinajstić information content (AvgIpc) is 1.82. The highest BCUT2D eigenvalue weighted by molar-refractivity contribution is 14.1. The Morgan fingerprint density at radius 2 is 2.10 bits per heavy atom. The van der Waals surface area contributed by atoms with Crippen LogP contribution in [0.5, 0.6) is 0 Å². The Hall–Kier alpha value is 0.170. The third kappa shape index (κ3) is 1.61. The van der Waals surface area contributed by atoms with E-state index >= 15 is 0 Å². The number of rotatable bonds is 0. The smallest absolute Gasteiger partial charge is 0.143 e. The van der Waals surface area contributed by atoms with Crippen molar-refractivity contribution in [1.29, 1.82) is 0 Å². The molecule has 0 saturated carbocycles. The molecule has 3 heteroatoms. The molecule has 0 bridgehead atoms. The van der Waals surface area contributed by atoms with Crippen LogP contribution in [0, 0.1) is 16.3 Å². The first-order chi connectivity index (χ1) is 4.61. The second kappa shape index (κ2) is 3.05. The lowest BCUT2D eigenvalue weighted by atomic mass is 10.2. The molecular formula is C7H5ClFI. The van der Waals surface area contributed by atoms with Gasteiger partial charge in [0.2, 0.25) is 0 Å². The highest BCUT2D eigenvalue weighted by atomic mass is 127. The van der Waals surface area contributed by atoms with Gasteiger partial charge in [-0.15, -0.1) is 0 Å². The van der Waals surface area contributed by atoms with Gasteiger partial charge in [-0.1, -0.05) is 11.6 Å². The van der Waals surface area contributed by atoms with Gasteiger partial charge in [0.15, 0.2) is 0 Å². The predicted octanol–water partition coefficient (Wildman–Crippen LogP) is 3.39. The molecule has 10 heavy (non-hydrogen) atoms. The molecule has 0 radical (unpaired) electrons. The minimum absolute atomic E-state index is 0.214. The van der Waals surface area contributed by atoms with E-state index < -0.39 is 0 Å². The van der Waals surface area contributed by atoms with Crippen molar-refractivity contribution >= 4 is 34.2 Å². The van der Waals surface area contributed by atoms with E-state index in [1.165, 1.54) is 6.07 Å². The molecule has 0 unspecified atom stereocenters. The van der Waals surface area contributed by atoms with Crippen LogP contribution < -0.4 is 0 Å². The van der Waals surface area contributed by atoms with E-state index in [0.29, 0.717) is 0 Å². The molecule has 0 heterocycles. The maximum Gasteiger partial charge on any atom is 0.143 e. The second-order valence-electron chi connectivity index (χ2n) is 2.04. The Bertz CT molecular complexity index is 237. The molecule has 54 valence electrons. The standard InChI is InChI=1S/C7H5ClFI/c1-4-2-5(9)7(8)6(10)3-4/h2-3H,1H3. The topological polar surface area (TPSA) is 0 Å². The summed E-state index contributed by atoms with van der Waals surface area (Å²) >= 11 is 7.57. The van der Waals surface area contributed by atoms with Crippen molar-refractivity contribution < 1.29 is 4.39 Å². The van der Waals surface area contributed by atoms with Gasteiger partial charge in [0.25, 0.3) is 0 Å². The molecule has 0 amide bonds. The zero-order valence-corrected chi connectivity index (χ0v) is 8.20. The zero-order chi connectivity index (χ0) is 7.72. The lowest BCUT2D eigenvalue weighted by molar-refractivity contribution is 0.626. The Morgan fingerprint density at radius 1 is 1.50 bits per heavy atom. The van der Waals surface area contributed by atoms with E-state index in [0.717, 1.165) is 9.13 Å². The van der Waals surface area contributed by atoms with Gasteiger partial charge >= 0.3 is 0 Å². The quantitative estimate of drug-likeness (QED) is 0.501. The van der Waals surface area contributed by atoms with Crippen molar-refractivity contribution in [3.05, 3.63) is 32.1 Å². The fourth-order valence-corrected chi connectivity index (χ4v) is 1.54. The Labute approximate surface area is 77.5 Å². The monoisotopic (exact) mass is 270 g/mol. The summed E-state index contributed by atoms with van der Waals surface area (Å²) in [6, 6.07) is 3.26. The molecule has 0 aliphatic heterocycles. The van der Waals surface area contributed by atoms with E-state index in [2.05, 4.69) is 0 Å². The Balaban J connectivity index is 3.31. The number of hydrogen-bond acceptors (Lipinski definition) is 0. The van der Waals surface area contributed by atoms with E-state index in [9.17, 15) is 4.39 Å². The minimum Gasteiger partial charge on any atom is -0.205 e. The molecular weight excluding hydrogens is 265 g/mol. The first-order valence-electron chi connectivity index (χ1n) is 2.72. The highest BCUT2D eigenvalue weighted by Gasteiger charge is 2.03. The van der Waals surface area contributed by atoms with Crippen LogP contribution in [0.3, 0.4) is 0 Å². The molecule has 1 rings (SSSR count). The molecule has 1 aromatic rings. The van der Waals surface area contributed by atoms with Crippen LogP contribution in [-0.2, 0) is 0 Å². The van der Waals surface area contributed by atoms with Crippen LogP contribution in [0.4, 0.5) is 4.39 Å². The summed E-state index contributed by atoms with van der Waals surface area (Å²) in [6.07, 6.45) is 0. The normalized spacial score (nSPS) is 10.0. The van der Waals surface area contributed by atoms with Gasteiger partial charge in [0.05, 0.1) is 5.02 Å². The zero-order valence-electron chi connectivity index (χ0n) is 5.29. The lowest BCUT2D eigenvalue weighted by Crippen LogP contribution is -1.83. The number of benzene rings is 1. The van der Waals surface area contributed by atoms with Crippen LogP contribution in [0.2, 0.25) is 5.02 Å². The van der Waals surface area contributed by atoms with Crippen LogP contribution >= 0.6 is 34.2 Å². The maximum absolute atomic E-state index is 12.7. The molecule has 0 atom stereocenters. The van der Waals surface area contributed by atoms with E-state index in [4.69, 9.17) is 11.6 Å². The highest BCUT2D eigenvalue weighted by Crippen LogP contribution is 2.22. The van der Waals surface area contributed by atoms with E-state index in [1.54, 1.807) is 0 Å². The van der Waals surface area contributed by atoms with Crippen molar-refractivity contribution in [2.24, 2.45) is 0 Å². The SMILES string of the molecule is Cc1cc(F)c(Cl)c(I)c1. The number of halogens is 3. The fourth-order valence-electron chi connectivity index (χ4n) is 0.682.